The van der Waals surface area contributed by atoms with Gasteiger partial charge in [-0.2, -0.15) is 26.3 Å². The van der Waals surface area contributed by atoms with Crippen LogP contribution in [0, 0.1) is 6.92 Å². The molecular weight excluding hydrogens is 488 g/mol. The molecule has 36 heavy (non-hydrogen) atoms. The molecule has 0 unspecified atom stereocenters. The van der Waals surface area contributed by atoms with Crippen molar-refractivity contribution in [2.24, 2.45) is 0 Å². The number of urea groups is 1. The molecule has 0 spiro atoms. The average molecular weight is 509 g/mol. The van der Waals surface area contributed by atoms with Gasteiger partial charge in [-0.3, -0.25) is 0 Å². The highest BCUT2D eigenvalue weighted by molar-refractivity contribution is 5.89. The summed E-state index contributed by atoms with van der Waals surface area (Å²) in [7, 11) is 0. The predicted molar refractivity (Wildman–Crippen MR) is 121 cm³/mol. The second kappa shape index (κ2) is 9.67. The number of rotatable bonds is 3. The number of hydrogen-bond donors (Lipinski definition) is 1. The Morgan fingerprint density at radius 3 is 2.08 bits per heavy atom. The third-order valence-electron chi connectivity index (χ3n) is 5.62. The molecule has 4 rings (SSSR count). The molecule has 2 heterocycles. The van der Waals surface area contributed by atoms with E-state index in [-0.39, 0.29) is 30.2 Å². The Morgan fingerprint density at radius 2 is 1.44 bits per heavy atom. The first kappa shape index (κ1) is 25.3. The SMILES string of the molecule is Cc1cc(N2CCN(C(=O)Nc3cccc(C(F)(F)F)c3)CC2)nc(-c2cccc(C(F)(F)F)c2)n1. The number of carbonyl (C=O) groups excluding carboxylic acids is 1. The number of benzene rings is 2. The lowest BCUT2D eigenvalue weighted by Crippen LogP contribution is -2.50. The number of alkyl halides is 6. The molecule has 6 nitrogen and oxygen atoms in total. The van der Waals surface area contributed by atoms with Crippen molar-refractivity contribution in [2.75, 3.05) is 36.4 Å². The third-order valence-corrected chi connectivity index (χ3v) is 5.62. The number of hydrogen-bond acceptors (Lipinski definition) is 4. The van der Waals surface area contributed by atoms with Gasteiger partial charge in [-0.15, -0.1) is 0 Å². The van der Waals surface area contributed by atoms with Gasteiger partial charge in [0.25, 0.3) is 0 Å². The van der Waals surface area contributed by atoms with Crippen LogP contribution in [-0.2, 0) is 12.4 Å². The molecule has 0 saturated carbocycles. The van der Waals surface area contributed by atoms with Crippen molar-refractivity contribution < 1.29 is 31.1 Å². The molecule has 0 bridgehead atoms. The summed E-state index contributed by atoms with van der Waals surface area (Å²) in [5.41, 5.74) is -0.826. The third kappa shape index (κ3) is 5.86. The summed E-state index contributed by atoms with van der Waals surface area (Å²) in [5, 5.41) is 2.49. The Balaban J connectivity index is 1.44. The molecule has 0 aliphatic carbocycles. The molecule has 2 aromatic carbocycles. The maximum atomic E-state index is 13.1. The maximum Gasteiger partial charge on any atom is 0.416 e. The lowest BCUT2D eigenvalue weighted by atomic mass is 10.1. The Kier molecular flexibility index (Phi) is 6.79. The van der Waals surface area contributed by atoms with Crippen LogP contribution in [-0.4, -0.2) is 47.1 Å². The number of amides is 2. The van der Waals surface area contributed by atoms with Gasteiger partial charge in [0.15, 0.2) is 5.82 Å². The molecule has 190 valence electrons. The molecule has 1 fully saturated rings. The fourth-order valence-electron chi connectivity index (χ4n) is 3.79. The van der Waals surface area contributed by atoms with Crippen LogP contribution in [0.3, 0.4) is 0 Å². The van der Waals surface area contributed by atoms with Gasteiger partial charge in [-0.05, 0) is 37.3 Å². The monoisotopic (exact) mass is 509 g/mol. The first-order valence-electron chi connectivity index (χ1n) is 10.9. The highest BCUT2D eigenvalue weighted by atomic mass is 19.4. The van der Waals surface area contributed by atoms with E-state index >= 15 is 0 Å². The molecule has 1 N–H and O–H groups in total. The van der Waals surface area contributed by atoms with Crippen molar-refractivity contribution >= 4 is 17.5 Å². The highest BCUT2D eigenvalue weighted by Gasteiger charge is 2.32. The molecule has 12 heteroatoms. The number of piperazine rings is 1. The van der Waals surface area contributed by atoms with Gasteiger partial charge in [-0.1, -0.05) is 18.2 Å². The fourth-order valence-corrected chi connectivity index (χ4v) is 3.79. The minimum Gasteiger partial charge on any atom is -0.353 e. The molecule has 0 radical (unpaired) electrons. The van der Waals surface area contributed by atoms with Crippen LogP contribution in [0.15, 0.2) is 54.6 Å². The van der Waals surface area contributed by atoms with Gasteiger partial charge >= 0.3 is 18.4 Å². The number of nitrogens with one attached hydrogen (secondary N) is 1. The summed E-state index contributed by atoms with van der Waals surface area (Å²) in [4.78, 5) is 24.6. The van der Waals surface area contributed by atoms with Crippen molar-refractivity contribution in [3.63, 3.8) is 0 Å². The first-order chi connectivity index (χ1) is 16.9. The van der Waals surface area contributed by atoms with Crippen molar-refractivity contribution in [1.29, 1.82) is 0 Å². The molecule has 2 amide bonds. The van der Waals surface area contributed by atoms with Crippen LogP contribution in [0.25, 0.3) is 11.4 Å². The van der Waals surface area contributed by atoms with E-state index in [1.54, 1.807) is 13.0 Å². The number of halogens is 6. The number of anilines is 2. The highest BCUT2D eigenvalue weighted by Crippen LogP contribution is 2.32. The quantitative estimate of drug-likeness (QED) is 0.451. The summed E-state index contributed by atoms with van der Waals surface area (Å²) in [6.45, 7) is 2.99. The average Bonchev–Trinajstić information content (AvgIpc) is 2.83. The van der Waals surface area contributed by atoms with Gasteiger partial charge in [0.05, 0.1) is 11.1 Å². The van der Waals surface area contributed by atoms with Gasteiger partial charge in [-0.25, -0.2) is 14.8 Å². The van der Waals surface area contributed by atoms with Crippen LogP contribution in [0.5, 0.6) is 0 Å². The lowest BCUT2D eigenvalue weighted by molar-refractivity contribution is -0.138. The van der Waals surface area contributed by atoms with E-state index in [0.717, 1.165) is 24.3 Å². The summed E-state index contributed by atoms with van der Waals surface area (Å²) in [6.07, 6.45) is -9.01. The molecule has 0 atom stereocenters. The van der Waals surface area contributed by atoms with Gasteiger partial charge < -0.3 is 15.1 Å². The number of carbonyl (C=O) groups is 1. The van der Waals surface area contributed by atoms with E-state index in [2.05, 4.69) is 15.3 Å². The van der Waals surface area contributed by atoms with Gasteiger partial charge in [0, 0.05) is 49.2 Å². The van der Waals surface area contributed by atoms with Crippen molar-refractivity contribution in [1.82, 2.24) is 14.9 Å². The molecular formula is C24H21F6N5O. The van der Waals surface area contributed by atoms with Crippen molar-refractivity contribution in [3.05, 3.63) is 71.4 Å². The van der Waals surface area contributed by atoms with E-state index in [4.69, 9.17) is 0 Å². The number of aromatic nitrogens is 2. The number of nitrogens with zero attached hydrogens (tertiary/aromatic N) is 4. The summed E-state index contributed by atoms with van der Waals surface area (Å²) in [6, 6.07) is 10.3. The minimum absolute atomic E-state index is 0.0365. The fraction of sp³-hybridized carbons (Fsp3) is 0.292. The van der Waals surface area contributed by atoms with E-state index < -0.39 is 29.5 Å². The molecule has 1 aromatic heterocycles. The topological polar surface area (TPSA) is 61.4 Å². The normalized spacial score (nSPS) is 14.6. The Hall–Kier alpha value is -3.83. The molecule has 1 saturated heterocycles. The van der Waals surface area contributed by atoms with Crippen LogP contribution in [0.1, 0.15) is 16.8 Å². The van der Waals surface area contributed by atoms with E-state index in [9.17, 15) is 31.1 Å². The Morgan fingerprint density at radius 1 is 0.833 bits per heavy atom. The molecule has 1 aliphatic heterocycles. The Labute approximate surface area is 202 Å². The zero-order valence-electron chi connectivity index (χ0n) is 19.0. The van der Waals surface area contributed by atoms with Crippen molar-refractivity contribution in [3.8, 4) is 11.4 Å². The van der Waals surface area contributed by atoms with Crippen molar-refractivity contribution in [2.45, 2.75) is 19.3 Å². The predicted octanol–water partition coefficient (Wildman–Crippen LogP) is 5.84. The zero-order valence-corrected chi connectivity index (χ0v) is 19.0. The summed E-state index contributed by atoms with van der Waals surface area (Å²) in [5.74, 6) is 0.661. The molecule has 3 aromatic rings. The summed E-state index contributed by atoms with van der Waals surface area (Å²) >= 11 is 0. The van der Waals surface area contributed by atoms with Gasteiger partial charge in [0.1, 0.15) is 5.82 Å². The molecule has 1 aliphatic rings. The second-order valence-corrected chi connectivity index (χ2v) is 8.25. The minimum atomic E-state index is -4.52. The first-order valence-corrected chi connectivity index (χ1v) is 10.9. The smallest absolute Gasteiger partial charge is 0.353 e. The standard InChI is InChI=1S/C24H21F6N5O/c1-15-12-20(33-21(31-15)16-4-2-5-17(13-16)23(25,26)27)34-8-10-35(11-9-34)22(36)32-19-7-3-6-18(14-19)24(28,29)30/h2-7,12-14H,8-11H2,1H3,(H,32,36). The Bertz CT molecular complexity index is 1250. The van der Waals surface area contributed by atoms with E-state index in [1.165, 1.54) is 29.2 Å². The zero-order chi connectivity index (χ0) is 26.1. The lowest BCUT2D eigenvalue weighted by Gasteiger charge is -2.35. The van der Waals surface area contributed by atoms with E-state index in [0.29, 0.717) is 24.6 Å². The maximum absolute atomic E-state index is 13.1. The van der Waals surface area contributed by atoms with E-state index in [1.807, 2.05) is 4.90 Å². The van der Waals surface area contributed by atoms with Crippen LogP contribution >= 0.6 is 0 Å². The number of aryl methyl sites for hydroxylation is 1. The van der Waals surface area contributed by atoms with Gasteiger partial charge in [0.2, 0.25) is 0 Å². The van der Waals surface area contributed by atoms with Crippen LogP contribution in [0.4, 0.5) is 42.6 Å². The largest absolute Gasteiger partial charge is 0.416 e. The van der Waals surface area contributed by atoms with Crippen LogP contribution in [0.2, 0.25) is 0 Å². The van der Waals surface area contributed by atoms with Crippen LogP contribution < -0.4 is 10.2 Å². The summed E-state index contributed by atoms with van der Waals surface area (Å²) < 4.78 is 78.1. The second-order valence-electron chi connectivity index (χ2n) is 8.25.